The van der Waals surface area contributed by atoms with E-state index < -0.39 is 12.1 Å². The molecule has 0 unspecified atom stereocenters. The first-order valence-corrected chi connectivity index (χ1v) is 6.93. The fraction of sp³-hybridized carbons (Fsp3) is 0.500. The van der Waals surface area contributed by atoms with Gasteiger partial charge in [0.15, 0.2) is 17.6 Å². The molecule has 0 aliphatic carbocycles. The third-order valence-electron chi connectivity index (χ3n) is 2.76. The van der Waals surface area contributed by atoms with Crippen molar-refractivity contribution < 1.29 is 23.8 Å². The van der Waals surface area contributed by atoms with Crippen LogP contribution in [0.25, 0.3) is 0 Å². The fourth-order valence-electron chi connectivity index (χ4n) is 1.72. The van der Waals surface area contributed by atoms with E-state index in [9.17, 15) is 9.59 Å². The lowest BCUT2D eigenvalue weighted by Gasteiger charge is -2.24. The standard InChI is InChI=1S/C16H23NO5/c1-10(14(18)17-16(2,3)4)22-12-8-7-11(15(19)21-6)9-13(12)20-5/h7-10H,1-6H3,(H,17,18)/t10-/m0/s1. The average Bonchev–Trinajstić information content (AvgIpc) is 2.44. The minimum absolute atomic E-state index is 0.230. The zero-order valence-electron chi connectivity index (χ0n) is 13.9. The Labute approximate surface area is 130 Å². The van der Waals surface area contributed by atoms with Crippen molar-refractivity contribution in [1.82, 2.24) is 5.32 Å². The molecule has 6 nitrogen and oxygen atoms in total. The largest absolute Gasteiger partial charge is 0.493 e. The molecular weight excluding hydrogens is 286 g/mol. The van der Waals surface area contributed by atoms with E-state index >= 15 is 0 Å². The van der Waals surface area contributed by atoms with E-state index in [0.717, 1.165) is 0 Å². The predicted octanol–water partition coefficient (Wildman–Crippen LogP) is 2.16. The van der Waals surface area contributed by atoms with Crippen LogP contribution in [0.5, 0.6) is 11.5 Å². The molecule has 0 fully saturated rings. The number of ether oxygens (including phenoxy) is 3. The van der Waals surface area contributed by atoms with E-state index in [0.29, 0.717) is 17.1 Å². The first kappa shape index (κ1) is 17.8. The SMILES string of the molecule is COC(=O)c1ccc(O[C@@H](C)C(=O)NC(C)(C)C)c(OC)c1. The summed E-state index contributed by atoms with van der Waals surface area (Å²) in [4.78, 5) is 23.5. The maximum atomic E-state index is 12.0. The maximum Gasteiger partial charge on any atom is 0.337 e. The van der Waals surface area contributed by atoms with Crippen molar-refractivity contribution in [1.29, 1.82) is 0 Å². The Balaban J connectivity index is 2.89. The minimum Gasteiger partial charge on any atom is -0.493 e. The summed E-state index contributed by atoms with van der Waals surface area (Å²) in [5, 5.41) is 2.84. The van der Waals surface area contributed by atoms with Gasteiger partial charge in [0.2, 0.25) is 0 Å². The predicted molar refractivity (Wildman–Crippen MR) is 82.3 cm³/mol. The van der Waals surface area contributed by atoms with Gasteiger partial charge in [-0.25, -0.2) is 4.79 Å². The smallest absolute Gasteiger partial charge is 0.337 e. The van der Waals surface area contributed by atoms with Crippen LogP contribution in [0.3, 0.4) is 0 Å². The van der Waals surface area contributed by atoms with Crippen molar-refractivity contribution in [2.24, 2.45) is 0 Å². The summed E-state index contributed by atoms with van der Waals surface area (Å²) in [6.07, 6.45) is -0.697. The van der Waals surface area contributed by atoms with Gasteiger partial charge in [-0.15, -0.1) is 0 Å². The lowest BCUT2D eigenvalue weighted by atomic mass is 10.1. The number of esters is 1. The molecule has 1 atom stereocenters. The van der Waals surface area contributed by atoms with Gasteiger partial charge in [-0.1, -0.05) is 0 Å². The lowest BCUT2D eigenvalue weighted by molar-refractivity contribution is -0.128. The molecule has 122 valence electrons. The van der Waals surface area contributed by atoms with Crippen LogP contribution < -0.4 is 14.8 Å². The highest BCUT2D eigenvalue weighted by molar-refractivity contribution is 5.90. The van der Waals surface area contributed by atoms with Gasteiger partial charge in [0.1, 0.15) is 0 Å². The number of amides is 1. The van der Waals surface area contributed by atoms with E-state index in [-0.39, 0.29) is 11.4 Å². The second kappa shape index (κ2) is 7.15. The van der Waals surface area contributed by atoms with Gasteiger partial charge in [-0.05, 0) is 45.9 Å². The number of carbonyl (C=O) groups excluding carboxylic acids is 2. The molecule has 1 amide bonds. The van der Waals surface area contributed by atoms with Crippen LogP contribution in [-0.2, 0) is 9.53 Å². The molecule has 22 heavy (non-hydrogen) atoms. The van der Waals surface area contributed by atoms with Gasteiger partial charge in [-0.3, -0.25) is 4.79 Å². The lowest BCUT2D eigenvalue weighted by Crippen LogP contribution is -2.46. The Bertz CT molecular complexity index is 548. The first-order valence-electron chi connectivity index (χ1n) is 6.93. The van der Waals surface area contributed by atoms with Gasteiger partial charge in [0, 0.05) is 5.54 Å². The number of benzene rings is 1. The van der Waals surface area contributed by atoms with Crippen molar-refractivity contribution >= 4 is 11.9 Å². The van der Waals surface area contributed by atoms with Gasteiger partial charge >= 0.3 is 5.97 Å². The summed E-state index contributed by atoms with van der Waals surface area (Å²) in [5.74, 6) is 0.0417. The summed E-state index contributed by atoms with van der Waals surface area (Å²) >= 11 is 0. The highest BCUT2D eigenvalue weighted by atomic mass is 16.5. The Hall–Kier alpha value is -2.24. The van der Waals surface area contributed by atoms with Crippen LogP contribution in [0.15, 0.2) is 18.2 Å². The Morgan fingerprint density at radius 1 is 1.14 bits per heavy atom. The molecule has 1 aromatic carbocycles. The van der Waals surface area contributed by atoms with Crippen molar-refractivity contribution in [3.63, 3.8) is 0 Å². The van der Waals surface area contributed by atoms with Gasteiger partial charge in [-0.2, -0.15) is 0 Å². The Morgan fingerprint density at radius 2 is 1.77 bits per heavy atom. The zero-order chi connectivity index (χ0) is 16.9. The Morgan fingerprint density at radius 3 is 2.27 bits per heavy atom. The number of rotatable bonds is 5. The van der Waals surface area contributed by atoms with Gasteiger partial charge in [0.25, 0.3) is 5.91 Å². The minimum atomic E-state index is -0.697. The summed E-state index contributed by atoms with van der Waals surface area (Å²) in [6.45, 7) is 7.32. The molecule has 0 aromatic heterocycles. The highest BCUT2D eigenvalue weighted by Gasteiger charge is 2.22. The molecule has 1 aromatic rings. The molecule has 1 rings (SSSR count). The molecule has 0 radical (unpaired) electrons. The zero-order valence-corrected chi connectivity index (χ0v) is 13.9. The molecule has 0 saturated heterocycles. The third kappa shape index (κ3) is 4.95. The molecule has 0 heterocycles. The first-order chi connectivity index (χ1) is 10.2. The second-order valence-corrected chi connectivity index (χ2v) is 5.86. The summed E-state index contributed by atoms with van der Waals surface area (Å²) < 4.78 is 15.5. The molecule has 0 saturated carbocycles. The van der Waals surface area contributed by atoms with Gasteiger partial charge < -0.3 is 19.5 Å². The van der Waals surface area contributed by atoms with Crippen LogP contribution in [-0.4, -0.2) is 37.7 Å². The molecular formula is C16H23NO5. The third-order valence-corrected chi connectivity index (χ3v) is 2.76. The summed E-state index contributed by atoms with van der Waals surface area (Å²) in [7, 11) is 2.77. The van der Waals surface area contributed by atoms with E-state index in [4.69, 9.17) is 9.47 Å². The van der Waals surface area contributed by atoms with E-state index in [1.54, 1.807) is 19.1 Å². The molecule has 0 aliphatic rings. The van der Waals surface area contributed by atoms with Crippen LogP contribution in [0, 0.1) is 0 Å². The number of hydrogen-bond acceptors (Lipinski definition) is 5. The van der Waals surface area contributed by atoms with Crippen LogP contribution in [0.1, 0.15) is 38.1 Å². The topological polar surface area (TPSA) is 73.9 Å². The number of methoxy groups -OCH3 is 2. The molecule has 0 spiro atoms. The van der Waals surface area contributed by atoms with Crippen molar-refractivity contribution in [3.8, 4) is 11.5 Å². The highest BCUT2D eigenvalue weighted by Crippen LogP contribution is 2.29. The normalized spacial score (nSPS) is 12.3. The van der Waals surface area contributed by atoms with E-state index in [1.165, 1.54) is 20.3 Å². The quantitative estimate of drug-likeness (QED) is 0.844. The van der Waals surface area contributed by atoms with Crippen LogP contribution in [0.2, 0.25) is 0 Å². The van der Waals surface area contributed by atoms with Crippen molar-refractivity contribution in [2.75, 3.05) is 14.2 Å². The van der Waals surface area contributed by atoms with Crippen LogP contribution >= 0.6 is 0 Å². The average molecular weight is 309 g/mol. The van der Waals surface area contributed by atoms with E-state index in [2.05, 4.69) is 10.1 Å². The maximum absolute atomic E-state index is 12.0. The number of nitrogens with one attached hydrogen (secondary N) is 1. The molecule has 0 aliphatic heterocycles. The number of hydrogen-bond donors (Lipinski definition) is 1. The fourth-order valence-corrected chi connectivity index (χ4v) is 1.72. The molecule has 0 bridgehead atoms. The number of carbonyl (C=O) groups is 2. The summed E-state index contributed by atoms with van der Waals surface area (Å²) in [5.41, 5.74) is 0.00608. The van der Waals surface area contributed by atoms with Crippen molar-refractivity contribution in [2.45, 2.75) is 39.3 Å². The van der Waals surface area contributed by atoms with Crippen LogP contribution in [0.4, 0.5) is 0 Å². The molecule has 1 N–H and O–H groups in total. The molecule has 6 heteroatoms. The summed E-state index contributed by atoms with van der Waals surface area (Å²) in [6, 6.07) is 4.64. The van der Waals surface area contributed by atoms with Gasteiger partial charge in [0.05, 0.1) is 19.8 Å². The Kier molecular flexibility index (Phi) is 5.79. The second-order valence-electron chi connectivity index (χ2n) is 5.86. The van der Waals surface area contributed by atoms with E-state index in [1.807, 2.05) is 20.8 Å². The van der Waals surface area contributed by atoms with Crippen molar-refractivity contribution in [3.05, 3.63) is 23.8 Å². The monoisotopic (exact) mass is 309 g/mol.